The second kappa shape index (κ2) is 6.59. The molecule has 1 fully saturated rings. The van der Waals surface area contributed by atoms with Gasteiger partial charge in [0.25, 0.3) is 0 Å². The summed E-state index contributed by atoms with van der Waals surface area (Å²) in [7, 11) is 0. The largest absolute Gasteiger partial charge is 0.348 e. The van der Waals surface area contributed by atoms with Crippen LogP contribution in [-0.2, 0) is 9.59 Å². The molecule has 0 aromatic rings. The molecule has 98 valence electrons. The first-order valence-electron chi connectivity index (χ1n) is 6.39. The highest BCUT2D eigenvalue weighted by molar-refractivity contribution is 5.85. The van der Waals surface area contributed by atoms with Crippen molar-refractivity contribution in [2.24, 2.45) is 5.73 Å². The SMILES string of the molecule is CCCC(=O)NCC(=O)NC1(CN)CCCC1. The Morgan fingerprint density at radius 2 is 1.88 bits per heavy atom. The Morgan fingerprint density at radius 1 is 1.24 bits per heavy atom. The highest BCUT2D eigenvalue weighted by Crippen LogP contribution is 2.28. The Labute approximate surface area is 103 Å². The highest BCUT2D eigenvalue weighted by atomic mass is 16.2. The minimum Gasteiger partial charge on any atom is -0.348 e. The maximum atomic E-state index is 11.7. The molecule has 0 aromatic heterocycles. The summed E-state index contributed by atoms with van der Waals surface area (Å²) < 4.78 is 0. The Bertz CT molecular complexity index is 273. The third-order valence-electron chi connectivity index (χ3n) is 3.28. The summed E-state index contributed by atoms with van der Waals surface area (Å²) in [5, 5.41) is 5.57. The monoisotopic (exact) mass is 241 g/mol. The molecule has 0 bridgehead atoms. The summed E-state index contributed by atoms with van der Waals surface area (Å²) in [5.74, 6) is -0.210. The number of hydrogen-bond donors (Lipinski definition) is 3. The van der Waals surface area contributed by atoms with Gasteiger partial charge >= 0.3 is 0 Å². The van der Waals surface area contributed by atoms with Crippen LogP contribution in [0.1, 0.15) is 45.4 Å². The van der Waals surface area contributed by atoms with Crippen LogP contribution >= 0.6 is 0 Å². The summed E-state index contributed by atoms with van der Waals surface area (Å²) in [6.07, 6.45) is 5.37. The molecule has 1 aliphatic rings. The number of hydrogen-bond acceptors (Lipinski definition) is 3. The minimum absolute atomic E-state index is 0.0561. The zero-order valence-corrected chi connectivity index (χ0v) is 10.6. The molecule has 5 nitrogen and oxygen atoms in total. The van der Waals surface area contributed by atoms with Crippen molar-refractivity contribution < 1.29 is 9.59 Å². The van der Waals surface area contributed by atoms with Gasteiger partial charge in [-0.1, -0.05) is 19.8 Å². The number of amides is 2. The molecule has 0 atom stereocenters. The molecule has 1 rings (SSSR count). The third-order valence-corrected chi connectivity index (χ3v) is 3.28. The zero-order chi connectivity index (χ0) is 12.7. The van der Waals surface area contributed by atoms with E-state index in [1.807, 2.05) is 6.92 Å². The molecule has 0 saturated heterocycles. The predicted octanol–water partition coefficient (Wildman–Crippen LogP) is 0.290. The van der Waals surface area contributed by atoms with Gasteiger partial charge in [-0.2, -0.15) is 0 Å². The van der Waals surface area contributed by atoms with Gasteiger partial charge in [-0.3, -0.25) is 9.59 Å². The van der Waals surface area contributed by atoms with Crippen molar-refractivity contribution >= 4 is 11.8 Å². The smallest absolute Gasteiger partial charge is 0.239 e. The van der Waals surface area contributed by atoms with Crippen molar-refractivity contribution in [3.8, 4) is 0 Å². The highest BCUT2D eigenvalue weighted by Gasteiger charge is 2.33. The second-order valence-electron chi connectivity index (χ2n) is 4.77. The Balaban J connectivity index is 2.31. The van der Waals surface area contributed by atoms with Gasteiger partial charge in [0.1, 0.15) is 0 Å². The fraction of sp³-hybridized carbons (Fsp3) is 0.833. The summed E-state index contributed by atoms with van der Waals surface area (Å²) in [4.78, 5) is 22.9. The van der Waals surface area contributed by atoms with Crippen molar-refractivity contribution in [1.29, 1.82) is 0 Å². The van der Waals surface area contributed by atoms with Crippen LogP contribution in [0.5, 0.6) is 0 Å². The van der Waals surface area contributed by atoms with Crippen LogP contribution < -0.4 is 16.4 Å². The first-order chi connectivity index (χ1) is 8.12. The van der Waals surface area contributed by atoms with Crippen LogP contribution in [-0.4, -0.2) is 30.4 Å². The molecule has 0 radical (unpaired) electrons. The molecule has 1 aliphatic carbocycles. The number of nitrogens with one attached hydrogen (secondary N) is 2. The number of rotatable bonds is 6. The lowest BCUT2D eigenvalue weighted by atomic mass is 9.98. The van der Waals surface area contributed by atoms with Gasteiger partial charge in [-0.25, -0.2) is 0 Å². The first kappa shape index (κ1) is 14.0. The summed E-state index contributed by atoms with van der Waals surface area (Å²) in [6.45, 7) is 2.46. The van der Waals surface area contributed by atoms with Crippen molar-refractivity contribution in [1.82, 2.24) is 10.6 Å². The quantitative estimate of drug-likeness (QED) is 0.625. The van der Waals surface area contributed by atoms with Crippen molar-refractivity contribution in [3.05, 3.63) is 0 Å². The summed E-state index contributed by atoms with van der Waals surface area (Å²) in [6, 6.07) is 0. The van der Waals surface area contributed by atoms with E-state index in [4.69, 9.17) is 5.73 Å². The molecule has 0 heterocycles. The van der Waals surface area contributed by atoms with Gasteiger partial charge in [0.15, 0.2) is 0 Å². The van der Waals surface area contributed by atoms with Gasteiger partial charge in [-0.05, 0) is 19.3 Å². The molecule has 0 unspecified atom stereocenters. The Hall–Kier alpha value is -1.10. The maximum absolute atomic E-state index is 11.7. The second-order valence-corrected chi connectivity index (χ2v) is 4.77. The molecular weight excluding hydrogens is 218 g/mol. The Kier molecular flexibility index (Phi) is 5.41. The van der Waals surface area contributed by atoms with Gasteiger partial charge in [0.05, 0.1) is 12.1 Å². The lowest BCUT2D eigenvalue weighted by molar-refractivity contribution is -0.127. The molecule has 0 aliphatic heterocycles. The van der Waals surface area contributed by atoms with Crippen LogP contribution in [0.3, 0.4) is 0 Å². The summed E-state index contributed by atoms with van der Waals surface area (Å²) >= 11 is 0. The maximum Gasteiger partial charge on any atom is 0.239 e. The van der Waals surface area contributed by atoms with Crippen LogP contribution in [0.4, 0.5) is 0 Å². The minimum atomic E-state index is -0.230. The average molecular weight is 241 g/mol. The predicted molar refractivity (Wildman–Crippen MR) is 66.3 cm³/mol. The van der Waals surface area contributed by atoms with E-state index in [9.17, 15) is 9.59 Å². The zero-order valence-electron chi connectivity index (χ0n) is 10.6. The van der Waals surface area contributed by atoms with E-state index in [1.54, 1.807) is 0 Å². The topological polar surface area (TPSA) is 84.2 Å². The van der Waals surface area contributed by atoms with E-state index in [2.05, 4.69) is 10.6 Å². The molecule has 0 spiro atoms. The Morgan fingerprint density at radius 3 is 2.41 bits per heavy atom. The van der Waals surface area contributed by atoms with Gasteiger partial charge in [0, 0.05) is 13.0 Å². The molecular formula is C12H23N3O2. The number of nitrogens with two attached hydrogens (primary N) is 1. The van der Waals surface area contributed by atoms with Gasteiger partial charge in [-0.15, -0.1) is 0 Å². The van der Waals surface area contributed by atoms with Crippen molar-refractivity contribution in [2.45, 2.75) is 51.0 Å². The fourth-order valence-electron chi connectivity index (χ4n) is 2.27. The molecule has 0 aromatic carbocycles. The normalized spacial score (nSPS) is 17.8. The van der Waals surface area contributed by atoms with Crippen molar-refractivity contribution in [3.63, 3.8) is 0 Å². The van der Waals surface area contributed by atoms with E-state index in [0.717, 1.165) is 32.1 Å². The molecule has 1 saturated carbocycles. The van der Waals surface area contributed by atoms with Crippen LogP contribution in [0.25, 0.3) is 0 Å². The van der Waals surface area contributed by atoms with E-state index in [0.29, 0.717) is 13.0 Å². The average Bonchev–Trinajstić information content (AvgIpc) is 2.76. The molecule has 17 heavy (non-hydrogen) atoms. The molecule has 5 heteroatoms. The van der Waals surface area contributed by atoms with E-state index in [1.165, 1.54) is 0 Å². The van der Waals surface area contributed by atoms with Crippen LogP contribution in [0, 0.1) is 0 Å². The summed E-state index contributed by atoms with van der Waals surface area (Å²) in [5.41, 5.74) is 5.49. The lowest BCUT2D eigenvalue weighted by Crippen LogP contribution is -2.54. The van der Waals surface area contributed by atoms with E-state index >= 15 is 0 Å². The number of carbonyl (C=O) groups is 2. The lowest BCUT2D eigenvalue weighted by Gasteiger charge is -2.28. The van der Waals surface area contributed by atoms with Gasteiger partial charge in [0.2, 0.25) is 11.8 Å². The molecule has 2 amide bonds. The van der Waals surface area contributed by atoms with Gasteiger partial charge < -0.3 is 16.4 Å². The number of carbonyl (C=O) groups excluding carboxylic acids is 2. The van der Waals surface area contributed by atoms with E-state index < -0.39 is 0 Å². The van der Waals surface area contributed by atoms with Crippen LogP contribution in [0.15, 0.2) is 0 Å². The van der Waals surface area contributed by atoms with Crippen LogP contribution in [0.2, 0.25) is 0 Å². The first-order valence-corrected chi connectivity index (χ1v) is 6.39. The fourth-order valence-corrected chi connectivity index (χ4v) is 2.27. The third kappa shape index (κ3) is 4.34. The van der Waals surface area contributed by atoms with Crippen molar-refractivity contribution in [2.75, 3.05) is 13.1 Å². The standard InChI is InChI=1S/C12H23N3O2/c1-2-5-10(16)14-8-11(17)15-12(9-13)6-3-4-7-12/h2-9,13H2,1H3,(H,14,16)(H,15,17). The molecule has 4 N–H and O–H groups in total. The van der Waals surface area contributed by atoms with E-state index in [-0.39, 0.29) is 23.9 Å².